The number of sulfonamides is 1. The number of benzene rings is 2. The first-order valence-corrected chi connectivity index (χ1v) is 12.1. The van der Waals surface area contributed by atoms with Crippen LogP contribution in [0.15, 0.2) is 78.0 Å². The standard InChI is InChI=1S/C25H28N2O4S/c1-3-31-25(28)10-9-21-16-22(15-20-11-13-26-14-12-20)18-23(17-21)19(2)27-32(29,30)24-7-5-4-6-8-24/h4-8,11-14,16-19,27H,3,9-10,15H2,1-2H3. The summed E-state index contributed by atoms with van der Waals surface area (Å²) >= 11 is 0. The number of aryl methyl sites for hydroxylation is 1. The van der Waals surface area contributed by atoms with E-state index in [1.165, 1.54) is 0 Å². The van der Waals surface area contributed by atoms with E-state index >= 15 is 0 Å². The third-order valence-corrected chi connectivity index (χ3v) is 6.60. The third-order valence-electron chi connectivity index (χ3n) is 5.04. The Bertz CT molecular complexity index is 1130. The first-order chi connectivity index (χ1) is 15.4. The number of carbonyl (C=O) groups is 1. The lowest BCUT2D eigenvalue weighted by atomic mass is 9.96. The molecule has 0 fully saturated rings. The van der Waals surface area contributed by atoms with Crippen molar-refractivity contribution in [2.75, 3.05) is 6.61 Å². The van der Waals surface area contributed by atoms with Crippen LogP contribution in [0.4, 0.5) is 0 Å². The molecule has 0 saturated carbocycles. The molecule has 0 aliphatic carbocycles. The van der Waals surface area contributed by atoms with Crippen LogP contribution in [0.1, 0.15) is 48.6 Å². The summed E-state index contributed by atoms with van der Waals surface area (Å²) in [5.74, 6) is -0.244. The van der Waals surface area contributed by atoms with Crippen LogP contribution in [0.25, 0.3) is 0 Å². The van der Waals surface area contributed by atoms with Crippen molar-refractivity contribution in [3.05, 3.63) is 95.3 Å². The smallest absolute Gasteiger partial charge is 0.306 e. The number of ether oxygens (including phenoxy) is 1. The Balaban J connectivity index is 1.86. The predicted molar refractivity (Wildman–Crippen MR) is 124 cm³/mol. The van der Waals surface area contributed by atoms with E-state index < -0.39 is 16.1 Å². The number of hydrogen-bond acceptors (Lipinski definition) is 5. The molecule has 3 aromatic rings. The van der Waals surface area contributed by atoms with Crippen molar-refractivity contribution in [2.24, 2.45) is 0 Å². The van der Waals surface area contributed by atoms with Gasteiger partial charge < -0.3 is 4.74 Å². The van der Waals surface area contributed by atoms with E-state index in [9.17, 15) is 13.2 Å². The fourth-order valence-corrected chi connectivity index (χ4v) is 4.73. The molecule has 0 saturated heterocycles. The first kappa shape index (κ1) is 23.6. The van der Waals surface area contributed by atoms with E-state index in [0.717, 1.165) is 22.3 Å². The number of pyridine rings is 1. The van der Waals surface area contributed by atoms with Crippen molar-refractivity contribution in [1.82, 2.24) is 9.71 Å². The topological polar surface area (TPSA) is 85.4 Å². The maximum Gasteiger partial charge on any atom is 0.306 e. The lowest BCUT2D eigenvalue weighted by Gasteiger charge is -2.18. The van der Waals surface area contributed by atoms with Crippen LogP contribution in [-0.4, -0.2) is 26.0 Å². The number of aromatic nitrogens is 1. The van der Waals surface area contributed by atoms with Crippen LogP contribution in [0.2, 0.25) is 0 Å². The highest BCUT2D eigenvalue weighted by Crippen LogP contribution is 2.22. The summed E-state index contributed by atoms with van der Waals surface area (Å²) in [4.78, 5) is 16.1. The van der Waals surface area contributed by atoms with Crippen LogP contribution in [0.3, 0.4) is 0 Å². The summed E-state index contributed by atoms with van der Waals surface area (Å²) in [6.45, 7) is 3.96. The fourth-order valence-electron chi connectivity index (χ4n) is 3.47. The van der Waals surface area contributed by atoms with E-state index in [0.29, 0.717) is 19.4 Å². The van der Waals surface area contributed by atoms with Crippen molar-refractivity contribution in [1.29, 1.82) is 0 Å². The number of esters is 1. The molecule has 168 valence electrons. The van der Waals surface area contributed by atoms with Gasteiger partial charge in [-0.3, -0.25) is 9.78 Å². The molecule has 2 aromatic carbocycles. The van der Waals surface area contributed by atoms with Crippen molar-refractivity contribution < 1.29 is 17.9 Å². The second kappa shape index (κ2) is 11.0. The Kier molecular flexibility index (Phi) is 8.14. The van der Waals surface area contributed by atoms with Crippen molar-refractivity contribution >= 4 is 16.0 Å². The highest BCUT2D eigenvalue weighted by molar-refractivity contribution is 7.89. The molecule has 0 aliphatic heterocycles. The van der Waals surface area contributed by atoms with E-state index in [1.807, 2.05) is 31.2 Å². The molecule has 7 heteroatoms. The molecule has 1 heterocycles. The largest absolute Gasteiger partial charge is 0.466 e. The number of rotatable bonds is 10. The van der Waals surface area contributed by atoms with Gasteiger partial charge in [-0.1, -0.05) is 36.4 Å². The maximum absolute atomic E-state index is 12.8. The molecule has 0 amide bonds. The zero-order chi connectivity index (χ0) is 23.0. The van der Waals surface area contributed by atoms with Crippen LogP contribution in [-0.2, 0) is 32.4 Å². The zero-order valence-corrected chi connectivity index (χ0v) is 19.1. The summed E-state index contributed by atoms with van der Waals surface area (Å²) < 4.78 is 33.4. The molecule has 6 nitrogen and oxygen atoms in total. The Morgan fingerprint density at radius 3 is 2.38 bits per heavy atom. The van der Waals surface area contributed by atoms with E-state index in [-0.39, 0.29) is 17.3 Å². The normalized spacial score (nSPS) is 12.3. The summed E-state index contributed by atoms with van der Waals surface area (Å²) in [6, 6.07) is 17.8. The summed E-state index contributed by atoms with van der Waals surface area (Å²) in [5.41, 5.74) is 3.95. The summed E-state index contributed by atoms with van der Waals surface area (Å²) in [6.07, 6.45) is 4.97. The molecule has 1 unspecified atom stereocenters. The zero-order valence-electron chi connectivity index (χ0n) is 18.3. The quantitative estimate of drug-likeness (QED) is 0.466. The van der Waals surface area contributed by atoms with Crippen molar-refractivity contribution in [3.8, 4) is 0 Å². The Morgan fingerprint density at radius 1 is 1.00 bits per heavy atom. The SMILES string of the molecule is CCOC(=O)CCc1cc(Cc2ccncc2)cc(C(C)NS(=O)(=O)c2ccccc2)c1. The minimum absolute atomic E-state index is 0.224. The highest BCUT2D eigenvalue weighted by atomic mass is 32.2. The van der Waals surface area contributed by atoms with Gasteiger partial charge in [-0.2, -0.15) is 0 Å². The van der Waals surface area contributed by atoms with Crippen LogP contribution in [0.5, 0.6) is 0 Å². The van der Waals surface area contributed by atoms with Crippen molar-refractivity contribution in [2.45, 2.75) is 44.0 Å². The molecule has 0 aliphatic rings. The van der Waals surface area contributed by atoms with Gasteiger partial charge in [0.25, 0.3) is 0 Å². The molecule has 1 aromatic heterocycles. The monoisotopic (exact) mass is 452 g/mol. The average Bonchev–Trinajstić information content (AvgIpc) is 2.79. The Labute approximate surface area is 189 Å². The average molecular weight is 453 g/mol. The van der Waals surface area contributed by atoms with Gasteiger partial charge in [0, 0.05) is 24.9 Å². The predicted octanol–water partition coefficient (Wildman–Crippen LogP) is 4.21. The van der Waals surface area contributed by atoms with Gasteiger partial charge in [-0.15, -0.1) is 0 Å². The Hall–Kier alpha value is -3.03. The van der Waals surface area contributed by atoms with E-state index in [2.05, 4.69) is 15.8 Å². The molecule has 32 heavy (non-hydrogen) atoms. The molecule has 0 bridgehead atoms. The number of nitrogens with zero attached hydrogens (tertiary/aromatic N) is 1. The summed E-state index contributed by atoms with van der Waals surface area (Å²) in [7, 11) is -3.66. The molecular weight excluding hydrogens is 424 g/mol. The number of nitrogens with one attached hydrogen (secondary N) is 1. The molecule has 0 spiro atoms. The molecule has 3 rings (SSSR count). The fraction of sp³-hybridized carbons (Fsp3) is 0.280. The van der Waals surface area contributed by atoms with Gasteiger partial charge in [-0.05, 0) is 73.2 Å². The highest BCUT2D eigenvalue weighted by Gasteiger charge is 2.19. The van der Waals surface area contributed by atoms with Gasteiger partial charge in [-0.25, -0.2) is 13.1 Å². The molecule has 1 N–H and O–H groups in total. The van der Waals surface area contributed by atoms with Gasteiger partial charge in [0.15, 0.2) is 0 Å². The second-order valence-corrected chi connectivity index (χ2v) is 9.29. The molecule has 1 atom stereocenters. The van der Waals surface area contributed by atoms with Gasteiger partial charge in [0.05, 0.1) is 11.5 Å². The summed E-state index contributed by atoms with van der Waals surface area (Å²) in [5, 5.41) is 0. The van der Waals surface area contributed by atoms with Gasteiger partial charge >= 0.3 is 5.97 Å². The van der Waals surface area contributed by atoms with Crippen LogP contribution < -0.4 is 4.72 Å². The molecular formula is C25H28N2O4S. The van der Waals surface area contributed by atoms with Crippen LogP contribution in [0, 0.1) is 0 Å². The minimum atomic E-state index is -3.66. The number of hydrogen-bond donors (Lipinski definition) is 1. The van der Waals surface area contributed by atoms with Crippen LogP contribution >= 0.6 is 0 Å². The van der Waals surface area contributed by atoms with Gasteiger partial charge in [0.2, 0.25) is 10.0 Å². The van der Waals surface area contributed by atoms with E-state index in [4.69, 9.17) is 4.74 Å². The van der Waals surface area contributed by atoms with Crippen molar-refractivity contribution in [3.63, 3.8) is 0 Å². The Morgan fingerprint density at radius 2 is 1.69 bits per heavy atom. The maximum atomic E-state index is 12.8. The second-order valence-electron chi connectivity index (χ2n) is 7.58. The first-order valence-electron chi connectivity index (χ1n) is 10.6. The number of carbonyl (C=O) groups excluding carboxylic acids is 1. The van der Waals surface area contributed by atoms with E-state index in [1.54, 1.807) is 49.6 Å². The molecule has 0 radical (unpaired) electrons. The minimum Gasteiger partial charge on any atom is -0.466 e. The lowest BCUT2D eigenvalue weighted by Crippen LogP contribution is -2.27. The van der Waals surface area contributed by atoms with Gasteiger partial charge in [0.1, 0.15) is 0 Å². The lowest BCUT2D eigenvalue weighted by molar-refractivity contribution is -0.143. The third kappa shape index (κ3) is 6.73.